The molecule has 1 aliphatic rings. The number of hydrogen-bond acceptors (Lipinski definition) is 2. The first-order chi connectivity index (χ1) is 13.7. The van der Waals surface area contributed by atoms with E-state index in [0.29, 0.717) is 12.2 Å². The van der Waals surface area contributed by atoms with E-state index in [-0.39, 0.29) is 0 Å². The Bertz CT molecular complexity index is 363. The van der Waals surface area contributed by atoms with Gasteiger partial charge >= 0.3 is 0 Å². The van der Waals surface area contributed by atoms with Crippen LogP contribution in [-0.2, 0) is 0 Å². The van der Waals surface area contributed by atoms with E-state index in [1.165, 1.54) is 116 Å². The Hall–Kier alpha value is -0.660. The highest BCUT2D eigenvalue weighted by Crippen LogP contribution is 2.24. The van der Waals surface area contributed by atoms with Crippen LogP contribution in [0.1, 0.15) is 137 Å². The Kier molecular flexibility index (Phi) is 15.6. The van der Waals surface area contributed by atoms with E-state index in [4.69, 9.17) is 0 Å². The predicted molar refractivity (Wildman–Crippen MR) is 126 cm³/mol. The van der Waals surface area contributed by atoms with Crippen LogP contribution in [0.4, 0.5) is 0 Å². The van der Waals surface area contributed by atoms with Gasteiger partial charge < -0.3 is 9.80 Å². The van der Waals surface area contributed by atoms with E-state index in [0.717, 1.165) is 0 Å². The van der Waals surface area contributed by atoms with Gasteiger partial charge in [-0.1, -0.05) is 104 Å². The van der Waals surface area contributed by atoms with E-state index in [2.05, 4.69) is 49.9 Å². The van der Waals surface area contributed by atoms with E-state index >= 15 is 0 Å². The van der Waals surface area contributed by atoms with Crippen molar-refractivity contribution >= 4 is 0 Å². The van der Waals surface area contributed by atoms with Crippen LogP contribution >= 0.6 is 0 Å². The van der Waals surface area contributed by atoms with Crippen LogP contribution in [0.2, 0.25) is 0 Å². The minimum atomic E-state index is 0.610. The Morgan fingerprint density at radius 1 is 0.607 bits per heavy atom. The highest BCUT2D eigenvalue weighted by atomic mass is 15.4. The molecule has 28 heavy (non-hydrogen) atoms. The molecule has 1 heterocycles. The summed E-state index contributed by atoms with van der Waals surface area (Å²) in [6, 6.07) is 0.610. The lowest BCUT2D eigenvalue weighted by atomic mass is 10.0. The van der Waals surface area contributed by atoms with Crippen LogP contribution in [0.5, 0.6) is 0 Å². The molecule has 2 heteroatoms. The molecule has 166 valence electrons. The molecule has 0 spiro atoms. The van der Waals surface area contributed by atoms with Crippen molar-refractivity contribution in [1.29, 1.82) is 0 Å². The van der Waals surface area contributed by atoms with E-state index in [9.17, 15) is 0 Å². The summed E-state index contributed by atoms with van der Waals surface area (Å²) in [5.41, 5.74) is 0. The van der Waals surface area contributed by atoms with Gasteiger partial charge in [-0.2, -0.15) is 0 Å². The zero-order chi connectivity index (χ0) is 20.5. The Morgan fingerprint density at radius 2 is 1.07 bits per heavy atom. The first kappa shape index (κ1) is 25.4. The molecule has 1 unspecified atom stereocenters. The van der Waals surface area contributed by atoms with Gasteiger partial charge in [0.25, 0.3) is 0 Å². The molecule has 1 aliphatic heterocycles. The fourth-order valence-corrected chi connectivity index (χ4v) is 4.48. The maximum atomic E-state index is 2.63. The molecule has 1 rings (SSSR count). The highest BCUT2D eigenvalue weighted by Gasteiger charge is 2.26. The molecule has 0 saturated heterocycles. The van der Waals surface area contributed by atoms with Crippen molar-refractivity contribution in [1.82, 2.24) is 9.80 Å². The summed E-state index contributed by atoms with van der Waals surface area (Å²) in [7, 11) is 0. The lowest BCUT2D eigenvalue weighted by molar-refractivity contribution is 0.114. The number of rotatable bonds is 19. The van der Waals surface area contributed by atoms with Gasteiger partial charge in [0.2, 0.25) is 0 Å². The molecule has 0 fully saturated rings. The Labute approximate surface area is 178 Å². The standard InChI is InChI=1S/C26H52N2/c1-5-7-9-11-12-13-14-15-16-17-19-21-26-27(22-20-18-10-8-6-2)23-24-28(26)25(3)4/h23-26H,5-22H2,1-4H3. The third kappa shape index (κ3) is 11.4. The normalized spacial score (nSPS) is 16.7. The van der Waals surface area contributed by atoms with Crippen LogP contribution < -0.4 is 0 Å². The van der Waals surface area contributed by atoms with E-state index < -0.39 is 0 Å². The van der Waals surface area contributed by atoms with Crippen LogP contribution in [0.3, 0.4) is 0 Å². The topological polar surface area (TPSA) is 6.48 Å². The van der Waals surface area contributed by atoms with E-state index in [1.54, 1.807) is 0 Å². The summed E-state index contributed by atoms with van der Waals surface area (Å²) >= 11 is 0. The fourth-order valence-electron chi connectivity index (χ4n) is 4.48. The molecule has 0 radical (unpaired) electrons. The van der Waals surface area contributed by atoms with Crippen molar-refractivity contribution < 1.29 is 0 Å². The Morgan fingerprint density at radius 3 is 1.57 bits per heavy atom. The molecule has 0 N–H and O–H groups in total. The number of nitrogens with zero attached hydrogens (tertiary/aromatic N) is 2. The molecule has 1 atom stereocenters. The van der Waals surface area contributed by atoms with Crippen molar-refractivity contribution in [2.45, 2.75) is 149 Å². The summed E-state index contributed by atoms with van der Waals surface area (Å²) in [6.07, 6.45) is 29.3. The average molecular weight is 393 g/mol. The lowest BCUT2D eigenvalue weighted by Crippen LogP contribution is -2.42. The largest absolute Gasteiger partial charge is 0.356 e. The molecule has 0 aromatic carbocycles. The van der Waals surface area contributed by atoms with Gasteiger partial charge in [-0.15, -0.1) is 0 Å². The molecule has 0 bridgehead atoms. The summed E-state index contributed by atoms with van der Waals surface area (Å²) in [5.74, 6) is 0. The number of hydrogen-bond donors (Lipinski definition) is 0. The van der Waals surface area contributed by atoms with Crippen LogP contribution in [0.15, 0.2) is 12.4 Å². The molecule has 0 aromatic heterocycles. The number of unbranched alkanes of at least 4 members (excludes halogenated alkanes) is 14. The molecular formula is C26H52N2. The monoisotopic (exact) mass is 392 g/mol. The first-order valence-corrected chi connectivity index (χ1v) is 12.9. The summed E-state index contributed by atoms with van der Waals surface area (Å²) in [5, 5.41) is 0. The van der Waals surface area contributed by atoms with Crippen molar-refractivity contribution in [3.63, 3.8) is 0 Å². The van der Waals surface area contributed by atoms with Gasteiger partial charge in [0, 0.05) is 25.0 Å². The van der Waals surface area contributed by atoms with Gasteiger partial charge in [-0.25, -0.2) is 0 Å². The van der Waals surface area contributed by atoms with Gasteiger partial charge in [0.05, 0.1) is 0 Å². The van der Waals surface area contributed by atoms with E-state index in [1.807, 2.05) is 0 Å². The molecule has 0 aromatic rings. The highest BCUT2D eigenvalue weighted by molar-refractivity contribution is 4.98. The average Bonchev–Trinajstić information content (AvgIpc) is 3.09. The molecular weight excluding hydrogens is 340 g/mol. The maximum Gasteiger partial charge on any atom is 0.101 e. The van der Waals surface area contributed by atoms with Crippen molar-refractivity contribution in [3.8, 4) is 0 Å². The third-order valence-corrected chi connectivity index (χ3v) is 6.34. The second kappa shape index (κ2) is 17.2. The van der Waals surface area contributed by atoms with Crippen molar-refractivity contribution in [2.24, 2.45) is 0 Å². The smallest absolute Gasteiger partial charge is 0.101 e. The minimum absolute atomic E-state index is 0.610. The third-order valence-electron chi connectivity index (χ3n) is 6.34. The first-order valence-electron chi connectivity index (χ1n) is 12.9. The van der Waals surface area contributed by atoms with Gasteiger partial charge in [-0.3, -0.25) is 0 Å². The minimum Gasteiger partial charge on any atom is -0.356 e. The van der Waals surface area contributed by atoms with Crippen molar-refractivity contribution in [2.75, 3.05) is 6.54 Å². The van der Waals surface area contributed by atoms with Crippen molar-refractivity contribution in [3.05, 3.63) is 12.4 Å². The van der Waals surface area contributed by atoms with Crippen LogP contribution in [0.25, 0.3) is 0 Å². The fraction of sp³-hybridized carbons (Fsp3) is 0.923. The maximum absolute atomic E-state index is 2.63. The SMILES string of the molecule is CCCCCCCCCCCCCC1N(CCCCCCC)C=CN1C(C)C. The van der Waals surface area contributed by atoms with Crippen LogP contribution in [0, 0.1) is 0 Å². The predicted octanol–water partition coefficient (Wildman–Crippen LogP) is 8.48. The summed E-state index contributed by atoms with van der Waals surface area (Å²) < 4.78 is 0. The molecule has 0 amide bonds. The van der Waals surface area contributed by atoms with Gasteiger partial charge in [-0.05, 0) is 33.1 Å². The molecule has 2 nitrogen and oxygen atoms in total. The second-order valence-electron chi connectivity index (χ2n) is 9.30. The molecule has 0 aliphatic carbocycles. The second-order valence-corrected chi connectivity index (χ2v) is 9.30. The summed E-state index contributed by atoms with van der Waals surface area (Å²) in [4.78, 5) is 5.21. The zero-order valence-electron chi connectivity index (χ0n) is 19.9. The quantitative estimate of drug-likeness (QED) is 0.203. The Balaban J connectivity index is 2.12. The lowest BCUT2D eigenvalue weighted by Gasteiger charge is -2.35. The molecule has 0 saturated carbocycles. The van der Waals surface area contributed by atoms with Gasteiger partial charge in [0.1, 0.15) is 6.17 Å². The van der Waals surface area contributed by atoms with Gasteiger partial charge in [0.15, 0.2) is 0 Å². The van der Waals surface area contributed by atoms with Crippen LogP contribution in [-0.4, -0.2) is 28.6 Å². The zero-order valence-corrected chi connectivity index (χ0v) is 19.9. The summed E-state index contributed by atoms with van der Waals surface area (Å²) in [6.45, 7) is 10.5.